The first-order chi connectivity index (χ1) is 17.6. The van der Waals surface area contributed by atoms with Gasteiger partial charge in [0.2, 0.25) is 11.8 Å². The lowest BCUT2D eigenvalue weighted by Gasteiger charge is -2.21. The fourth-order valence-corrected chi connectivity index (χ4v) is 4.81. The molecule has 2 aromatic rings. The highest BCUT2D eigenvalue weighted by Gasteiger charge is 2.31. The number of fused-ring (bicyclic) bond motifs is 1. The molecule has 1 saturated heterocycles. The molecule has 1 aliphatic rings. The number of aryl methyl sites for hydroxylation is 2. The maximum Gasteiger partial charge on any atom is 0.407 e. The number of nitrogens with one attached hydrogen (secondary N) is 2. The molecular weight excluding hydrogens is 472 g/mol. The monoisotopic (exact) mass is 514 g/mol. The third-order valence-electron chi connectivity index (χ3n) is 6.74. The van der Waals surface area contributed by atoms with E-state index in [0.717, 1.165) is 43.1 Å². The molecule has 2 N–H and O–H groups in total. The van der Waals surface area contributed by atoms with Gasteiger partial charge in [-0.1, -0.05) is 44.6 Å². The molecule has 0 radical (unpaired) electrons. The smallest absolute Gasteiger partial charge is 0.407 e. The van der Waals surface area contributed by atoms with Gasteiger partial charge in [-0.2, -0.15) is 0 Å². The number of piperidine rings is 1. The van der Waals surface area contributed by atoms with Crippen LogP contribution in [0.2, 0.25) is 0 Å². The van der Waals surface area contributed by atoms with E-state index in [2.05, 4.69) is 10.6 Å². The maximum atomic E-state index is 12.9. The molecule has 1 aromatic carbocycles. The second-order valence-corrected chi connectivity index (χ2v) is 11.0. The number of hydrogen-bond acceptors (Lipinski definition) is 5. The number of alkyl carbamates (subject to hydrolysis) is 1. The van der Waals surface area contributed by atoms with Crippen LogP contribution in [0.4, 0.5) is 4.79 Å². The number of imidazole rings is 1. The van der Waals surface area contributed by atoms with Crippen molar-refractivity contribution >= 4 is 28.9 Å². The Balaban J connectivity index is 1.35. The Hall–Kier alpha value is -3.10. The van der Waals surface area contributed by atoms with Gasteiger partial charge in [0.1, 0.15) is 11.6 Å². The summed E-state index contributed by atoms with van der Waals surface area (Å²) in [5.41, 5.74) is 2.03. The number of unbranched alkanes of at least 4 members (excludes halogenated alkanes) is 7. The van der Waals surface area contributed by atoms with Crippen LogP contribution in [0.3, 0.4) is 0 Å². The Labute approximate surface area is 218 Å². The SMILES string of the molecule is Cn1c(=O)n(C2CCC(=O)NC2=O)c2ccc(CCCCCCCCCCNC(=O)OC(C)(C)C)cc21. The normalized spacial score (nSPS) is 16.2. The first kappa shape index (κ1) is 28.5. The molecule has 0 saturated carbocycles. The zero-order valence-electron chi connectivity index (χ0n) is 22.7. The van der Waals surface area contributed by atoms with Gasteiger partial charge in [0.05, 0.1) is 11.0 Å². The van der Waals surface area contributed by atoms with Crippen molar-refractivity contribution in [1.82, 2.24) is 19.8 Å². The molecule has 1 aromatic heterocycles. The van der Waals surface area contributed by atoms with Gasteiger partial charge >= 0.3 is 11.8 Å². The first-order valence-electron chi connectivity index (χ1n) is 13.6. The van der Waals surface area contributed by atoms with Crippen LogP contribution >= 0.6 is 0 Å². The number of hydrogen-bond donors (Lipinski definition) is 2. The van der Waals surface area contributed by atoms with E-state index in [1.165, 1.54) is 35.8 Å². The van der Waals surface area contributed by atoms with E-state index in [1.54, 1.807) is 11.6 Å². The van der Waals surface area contributed by atoms with Gasteiger partial charge in [-0.15, -0.1) is 0 Å². The summed E-state index contributed by atoms with van der Waals surface area (Å²) in [6.07, 6.45) is 10.3. The number of carbonyl (C=O) groups excluding carboxylic acids is 3. The van der Waals surface area contributed by atoms with Crippen LogP contribution in [0, 0.1) is 0 Å². The minimum atomic E-state index is -0.652. The molecule has 9 nitrogen and oxygen atoms in total. The summed E-state index contributed by atoms with van der Waals surface area (Å²) in [7, 11) is 1.73. The Morgan fingerprint density at radius 2 is 1.65 bits per heavy atom. The minimum Gasteiger partial charge on any atom is -0.444 e. The molecule has 1 fully saturated rings. The summed E-state index contributed by atoms with van der Waals surface area (Å²) < 4.78 is 8.34. The van der Waals surface area contributed by atoms with Gasteiger partial charge in [0.25, 0.3) is 0 Å². The second-order valence-electron chi connectivity index (χ2n) is 11.0. The number of aromatic nitrogens is 2. The highest BCUT2D eigenvalue weighted by atomic mass is 16.6. The Morgan fingerprint density at radius 3 is 2.30 bits per heavy atom. The van der Waals surface area contributed by atoms with E-state index in [-0.39, 0.29) is 24.1 Å². The fraction of sp³-hybridized carbons (Fsp3) is 0.643. The highest BCUT2D eigenvalue weighted by molar-refractivity contribution is 6.00. The van der Waals surface area contributed by atoms with E-state index in [0.29, 0.717) is 13.0 Å². The lowest BCUT2D eigenvalue weighted by Crippen LogP contribution is -2.44. The van der Waals surface area contributed by atoms with Gasteiger partial charge in [0, 0.05) is 20.0 Å². The van der Waals surface area contributed by atoms with Crippen LogP contribution in [0.15, 0.2) is 23.0 Å². The van der Waals surface area contributed by atoms with E-state index < -0.39 is 17.6 Å². The number of amides is 3. The van der Waals surface area contributed by atoms with Gasteiger partial charge < -0.3 is 10.1 Å². The van der Waals surface area contributed by atoms with E-state index >= 15 is 0 Å². The first-order valence-corrected chi connectivity index (χ1v) is 13.6. The van der Waals surface area contributed by atoms with Crippen molar-refractivity contribution in [2.45, 2.75) is 103 Å². The lowest BCUT2D eigenvalue weighted by atomic mass is 10.0. The highest BCUT2D eigenvalue weighted by Crippen LogP contribution is 2.24. The predicted octanol–water partition coefficient (Wildman–Crippen LogP) is 4.51. The zero-order valence-corrected chi connectivity index (χ0v) is 22.7. The Kier molecular flexibility index (Phi) is 9.94. The van der Waals surface area contributed by atoms with Crippen LogP contribution < -0.4 is 16.3 Å². The molecule has 2 heterocycles. The predicted molar refractivity (Wildman–Crippen MR) is 143 cm³/mol. The standard InChI is InChI=1S/C28H42N4O5/c1-28(2,3)37-26(35)29-18-12-10-8-6-5-7-9-11-13-20-14-15-21-23(19-20)31(4)27(36)32(21)22-16-17-24(33)30-25(22)34/h14-15,19,22H,5-13,16-18H2,1-4H3,(H,29,35)(H,30,33,34). The second kappa shape index (κ2) is 12.9. The third-order valence-corrected chi connectivity index (χ3v) is 6.74. The molecule has 0 spiro atoms. The summed E-state index contributed by atoms with van der Waals surface area (Å²) in [5, 5.41) is 5.15. The van der Waals surface area contributed by atoms with Crippen LogP contribution in [0.5, 0.6) is 0 Å². The molecule has 3 rings (SSSR count). The molecule has 0 bridgehead atoms. The summed E-state index contributed by atoms with van der Waals surface area (Å²) in [6.45, 7) is 6.23. The maximum absolute atomic E-state index is 12.9. The molecular formula is C28H42N4O5. The van der Waals surface area contributed by atoms with Crippen LogP contribution in [-0.4, -0.2) is 39.2 Å². The Morgan fingerprint density at radius 1 is 1.00 bits per heavy atom. The molecule has 1 unspecified atom stereocenters. The zero-order chi connectivity index (χ0) is 27.0. The molecule has 0 aliphatic carbocycles. The largest absolute Gasteiger partial charge is 0.444 e. The molecule has 3 amide bonds. The lowest BCUT2D eigenvalue weighted by molar-refractivity contribution is -0.135. The van der Waals surface area contributed by atoms with Crippen LogP contribution in [-0.2, 0) is 27.8 Å². The van der Waals surface area contributed by atoms with Crippen LogP contribution in [0.25, 0.3) is 11.0 Å². The van der Waals surface area contributed by atoms with E-state index in [1.807, 2.05) is 39.0 Å². The number of benzene rings is 1. The molecule has 1 atom stereocenters. The van der Waals surface area contributed by atoms with Gasteiger partial charge in [0.15, 0.2) is 0 Å². The number of nitrogens with zero attached hydrogens (tertiary/aromatic N) is 2. The topological polar surface area (TPSA) is 111 Å². The van der Waals surface area contributed by atoms with Crippen molar-refractivity contribution in [3.8, 4) is 0 Å². The van der Waals surface area contributed by atoms with Crippen molar-refractivity contribution in [1.29, 1.82) is 0 Å². The van der Waals surface area contributed by atoms with Crippen molar-refractivity contribution in [3.05, 3.63) is 34.2 Å². The van der Waals surface area contributed by atoms with Crippen molar-refractivity contribution in [3.63, 3.8) is 0 Å². The molecule has 1 aliphatic heterocycles. The quantitative estimate of drug-likeness (QED) is 0.320. The average molecular weight is 515 g/mol. The van der Waals surface area contributed by atoms with Gasteiger partial charge in [-0.25, -0.2) is 9.59 Å². The fourth-order valence-electron chi connectivity index (χ4n) is 4.81. The summed E-state index contributed by atoms with van der Waals surface area (Å²) >= 11 is 0. The number of carbonyl (C=O) groups is 3. The van der Waals surface area contributed by atoms with Gasteiger partial charge in [-0.05, 0) is 64.2 Å². The summed E-state index contributed by atoms with van der Waals surface area (Å²) in [5.74, 6) is -0.697. The number of imide groups is 1. The number of rotatable bonds is 12. The van der Waals surface area contributed by atoms with Gasteiger partial charge in [-0.3, -0.25) is 24.0 Å². The van der Waals surface area contributed by atoms with Crippen molar-refractivity contribution in [2.24, 2.45) is 7.05 Å². The molecule has 37 heavy (non-hydrogen) atoms. The third kappa shape index (κ3) is 8.20. The van der Waals surface area contributed by atoms with Crippen LogP contribution in [0.1, 0.15) is 96.6 Å². The summed E-state index contributed by atoms with van der Waals surface area (Å²) in [6, 6.07) is 5.36. The summed E-state index contributed by atoms with van der Waals surface area (Å²) in [4.78, 5) is 48.3. The Bertz CT molecular complexity index is 1160. The van der Waals surface area contributed by atoms with Crippen molar-refractivity contribution < 1.29 is 19.1 Å². The van der Waals surface area contributed by atoms with E-state index in [9.17, 15) is 19.2 Å². The average Bonchev–Trinajstić information content (AvgIpc) is 3.06. The number of ether oxygens (including phenoxy) is 1. The van der Waals surface area contributed by atoms with E-state index in [4.69, 9.17) is 4.74 Å². The molecule has 9 heteroatoms. The molecule has 204 valence electrons. The minimum absolute atomic E-state index is 0.234. The van der Waals surface area contributed by atoms with Crippen molar-refractivity contribution in [2.75, 3.05) is 6.54 Å².